The fourth-order valence-electron chi connectivity index (χ4n) is 3.09. The second kappa shape index (κ2) is 6.80. The van der Waals surface area contributed by atoms with E-state index >= 15 is 0 Å². The zero-order valence-electron chi connectivity index (χ0n) is 14.1. The van der Waals surface area contributed by atoms with Gasteiger partial charge < -0.3 is 9.80 Å². The summed E-state index contributed by atoms with van der Waals surface area (Å²) in [6, 6.07) is 10.2. The smallest absolute Gasteiger partial charge is 0.324 e. The third-order valence-electron chi connectivity index (χ3n) is 4.51. The molecular formula is C17H15N5O4S. The SMILES string of the molecule is O=C(c1ccc([N+](=O)[O-])s1)N1CCN(C(=O)c2n[nH]c3ccccc23)CC1. The number of amides is 2. The normalized spacial score (nSPS) is 14.5. The number of hydrogen-bond donors (Lipinski definition) is 1. The summed E-state index contributed by atoms with van der Waals surface area (Å²) in [4.78, 5) is 39.2. The van der Waals surface area contributed by atoms with Gasteiger partial charge in [-0.05, 0) is 12.1 Å². The van der Waals surface area contributed by atoms with E-state index in [1.807, 2.05) is 24.3 Å². The molecule has 1 N–H and O–H groups in total. The van der Waals surface area contributed by atoms with E-state index in [-0.39, 0.29) is 16.8 Å². The van der Waals surface area contributed by atoms with Crippen molar-refractivity contribution in [3.8, 4) is 0 Å². The van der Waals surface area contributed by atoms with Gasteiger partial charge in [0.15, 0.2) is 5.69 Å². The summed E-state index contributed by atoms with van der Waals surface area (Å²) in [5, 5.41) is 18.5. The van der Waals surface area contributed by atoms with Gasteiger partial charge in [-0.25, -0.2) is 0 Å². The molecule has 2 aromatic heterocycles. The maximum atomic E-state index is 12.8. The van der Waals surface area contributed by atoms with E-state index in [0.29, 0.717) is 36.8 Å². The van der Waals surface area contributed by atoms with Crippen LogP contribution >= 0.6 is 11.3 Å². The van der Waals surface area contributed by atoms with Crippen LogP contribution in [0.2, 0.25) is 0 Å². The van der Waals surface area contributed by atoms with Crippen LogP contribution < -0.4 is 0 Å². The third-order valence-corrected chi connectivity index (χ3v) is 5.53. The maximum Gasteiger partial charge on any atom is 0.324 e. The first-order valence-electron chi connectivity index (χ1n) is 8.30. The fourth-order valence-corrected chi connectivity index (χ4v) is 3.87. The van der Waals surface area contributed by atoms with Crippen molar-refractivity contribution in [2.75, 3.05) is 26.2 Å². The predicted octanol–water partition coefficient (Wildman–Crippen LogP) is 2.13. The van der Waals surface area contributed by atoms with Gasteiger partial charge >= 0.3 is 5.00 Å². The van der Waals surface area contributed by atoms with E-state index in [1.54, 1.807) is 9.80 Å². The summed E-state index contributed by atoms with van der Waals surface area (Å²) in [5.74, 6) is -0.420. The Bertz CT molecular complexity index is 1030. The standard InChI is InChI=1S/C17H15N5O4S/c23-16(13-5-6-14(27-13)22(25)26)20-7-9-21(10-8-20)17(24)15-11-3-1-2-4-12(11)18-19-15/h1-6H,7-10H2,(H,18,19). The number of nitrogens with zero attached hydrogens (tertiary/aromatic N) is 4. The zero-order chi connectivity index (χ0) is 19.0. The molecule has 0 spiro atoms. The third kappa shape index (κ3) is 3.14. The van der Waals surface area contributed by atoms with Gasteiger partial charge in [-0.2, -0.15) is 5.10 Å². The average Bonchev–Trinajstić information content (AvgIpc) is 3.34. The molecule has 1 aromatic carbocycles. The Morgan fingerprint density at radius 3 is 2.37 bits per heavy atom. The highest BCUT2D eigenvalue weighted by molar-refractivity contribution is 7.17. The molecule has 1 aliphatic rings. The first-order valence-corrected chi connectivity index (χ1v) is 9.12. The van der Waals surface area contributed by atoms with Crippen LogP contribution in [-0.4, -0.2) is 62.9 Å². The number of aromatic amines is 1. The lowest BCUT2D eigenvalue weighted by atomic mass is 10.2. The molecule has 3 heterocycles. The van der Waals surface area contributed by atoms with Gasteiger partial charge in [0.25, 0.3) is 11.8 Å². The maximum absolute atomic E-state index is 12.8. The minimum Gasteiger partial charge on any atom is -0.334 e. The van der Waals surface area contributed by atoms with Crippen LogP contribution in [0.5, 0.6) is 0 Å². The molecule has 0 bridgehead atoms. The van der Waals surface area contributed by atoms with Crippen LogP contribution in [0.4, 0.5) is 5.00 Å². The number of rotatable bonds is 3. The lowest BCUT2D eigenvalue weighted by Crippen LogP contribution is -2.50. The van der Waals surface area contributed by atoms with Crippen LogP contribution in [0.3, 0.4) is 0 Å². The van der Waals surface area contributed by atoms with Crippen LogP contribution in [0.1, 0.15) is 20.2 Å². The van der Waals surface area contributed by atoms with Crippen molar-refractivity contribution in [3.63, 3.8) is 0 Å². The minimum atomic E-state index is -0.508. The molecule has 138 valence electrons. The predicted molar refractivity (Wildman–Crippen MR) is 98.9 cm³/mol. The van der Waals surface area contributed by atoms with Gasteiger partial charge in [-0.15, -0.1) is 0 Å². The van der Waals surface area contributed by atoms with E-state index in [9.17, 15) is 19.7 Å². The van der Waals surface area contributed by atoms with Crippen LogP contribution in [0.25, 0.3) is 10.9 Å². The number of benzene rings is 1. The van der Waals surface area contributed by atoms with Crippen molar-refractivity contribution in [3.05, 3.63) is 57.1 Å². The second-order valence-corrected chi connectivity index (χ2v) is 7.16. The highest BCUT2D eigenvalue weighted by atomic mass is 32.1. The van der Waals surface area contributed by atoms with Crippen molar-refractivity contribution < 1.29 is 14.5 Å². The van der Waals surface area contributed by atoms with E-state index in [1.165, 1.54) is 12.1 Å². The monoisotopic (exact) mass is 385 g/mol. The molecule has 0 aliphatic carbocycles. The number of para-hydroxylation sites is 1. The lowest BCUT2D eigenvalue weighted by Gasteiger charge is -2.34. The van der Waals surface area contributed by atoms with Gasteiger partial charge in [0.2, 0.25) is 0 Å². The molecule has 9 nitrogen and oxygen atoms in total. The Hall–Kier alpha value is -3.27. The number of nitrogens with one attached hydrogen (secondary N) is 1. The molecule has 0 radical (unpaired) electrons. The van der Waals surface area contributed by atoms with Gasteiger partial charge in [0, 0.05) is 37.6 Å². The number of fused-ring (bicyclic) bond motifs is 1. The van der Waals surface area contributed by atoms with Gasteiger partial charge in [0.1, 0.15) is 0 Å². The van der Waals surface area contributed by atoms with Crippen molar-refractivity contribution in [1.82, 2.24) is 20.0 Å². The van der Waals surface area contributed by atoms with Crippen LogP contribution in [0.15, 0.2) is 36.4 Å². The summed E-state index contributed by atoms with van der Waals surface area (Å²) in [6.45, 7) is 1.52. The van der Waals surface area contributed by atoms with E-state index in [2.05, 4.69) is 10.2 Å². The Kier molecular flexibility index (Phi) is 4.32. The topological polar surface area (TPSA) is 112 Å². The van der Waals surface area contributed by atoms with Crippen LogP contribution in [-0.2, 0) is 0 Å². The molecule has 27 heavy (non-hydrogen) atoms. The number of thiophene rings is 1. The highest BCUT2D eigenvalue weighted by Gasteiger charge is 2.28. The average molecular weight is 385 g/mol. The zero-order valence-corrected chi connectivity index (χ0v) is 14.9. The molecule has 0 saturated carbocycles. The summed E-state index contributed by atoms with van der Waals surface area (Å²) in [7, 11) is 0. The molecule has 1 fully saturated rings. The summed E-state index contributed by atoms with van der Waals surface area (Å²) in [6.07, 6.45) is 0. The summed E-state index contributed by atoms with van der Waals surface area (Å²) < 4.78 is 0. The van der Waals surface area contributed by atoms with Crippen molar-refractivity contribution in [1.29, 1.82) is 0 Å². The fraction of sp³-hybridized carbons (Fsp3) is 0.235. The number of carbonyl (C=O) groups excluding carboxylic acids is 2. The number of H-pyrrole nitrogens is 1. The van der Waals surface area contributed by atoms with E-state index in [4.69, 9.17) is 0 Å². The molecule has 3 aromatic rings. The Morgan fingerprint density at radius 1 is 1.04 bits per heavy atom. The largest absolute Gasteiger partial charge is 0.334 e. The number of aromatic nitrogens is 2. The Morgan fingerprint density at radius 2 is 1.70 bits per heavy atom. The van der Waals surface area contributed by atoms with Crippen LogP contribution in [0, 0.1) is 10.1 Å². The summed E-state index contributed by atoms with van der Waals surface area (Å²) >= 11 is 0.864. The highest BCUT2D eigenvalue weighted by Crippen LogP contribution is 2.25. The first-order chi connectivity index (χ1) is 13.0. The first kappa shape index (κ1) is 17.2. The molecule has 1 aliphatic heterocycles. The lowest BCUT2D eigenvalue weighted by molar-refractivity contribution is -0.380. The summed E-state index contributed by atoms with van der Waals surface area (Å²) in [5.41, 5.74) is 1.17. The second-order valence-electron chi connectivity index (χ2n) is 6.10. The van der Waals surface area contributed by atoms with Crippen molar-refractivity contribution in [2.45, 2.75) is 0 Å². The molecule has 10 heteroatoms. The van der Waals surface area contributed by atoms with Crippen molar-refractivity contribution in [2.24, 2.45) is 0 Å². The Labute approximate surface area is 157 Å². The van der Waals surface area contributed by atoms with Gasteiger partial charge in [-0.3, -0.25) is 24.8 Å². The molecule has 4 rings (SSSR count). The van der Waals surface area contributed by atoms with E-state index < -0.39 is 4.92 Å². The van der Waals surface area contributed by atoms with Gasteiger partial charge in [-0.1, -0.05) is 29.5 Å². The quantitative estimate of drug-likeness (QED) is 0.548. The van der Waals surface area contributed by atoms with Crippen molar-refractivity contribution >= 4 is 39.1 Å². The van der Waals surface area contributed by atoms with Gasteiger partial charge in [0.05, 0.1) is 15.3 Å². The number of nitro groups is 1. The minimum absolute atomic E-state index is 0.0578. The molecule has 0 atom stereocenters. The number of hydrogen-bond acceptors (Lipinski definition) is 6. The van der Waals surface area contributed by atoms with E-state index in [0.717, 1.165) is 22.2 Å². The number of carbonyl (C=O) groups is 2. The molecule has 0 unspecified atom stereocenters. The molecular weight excluding hydrogens is 370 g/mol. The molecule has 1 saturated heterocycles. The Balaban J connectivity index is 1.43. The molecule has 2 amide bonds. The number of piperazine rings is 1.